The Balaban J connectivity index is 1.76. The summed E-state index contributed by atoms with van der Waals surface area (Å²) in [5, 5.41) is 8.97. The smallest absolute Gasteiger partial charge is 0.241 e. The molecular formula is C17H26N4O3S. The molecule has 0 radical (unpaired) electrons. The first kappa shape index (κ1) is 19.2. The minimum atomic E-state index is -2.95. The van der Waals surface area contributed by atoms with E-state index in [1.807, 2.05) is 37.3 Å². The fourth-order valence-electron chi connectivity index (χ4n) is 2.62. The lowest BCUT2D eigenvalue weighted by Gasteiger charge is -2.15. The quantitative estimate of drug-likeness (QED) is 0.469. The van der Waals surface area contributed by atoms with Gasteiger partial charge in [-0.3, -0.25) is 4.79 Å². The van der Waals surface area contributed by atoms with Gasteiger partial charge in [0.15, 0.2) is 15.8 Å². The average molecular weight is 366 g/mol. The molecule has 1 unspecified atom stereocenters. The molecule has 1 saturated heterocycles. The number of hydrogen-bond acceptors (Lipinski definition) is 4. The maximum absolute atomic E-state index is 11.9. The zero-order valence-electron chi connectivity index (χ0n) is 14.5. The molecule has 1 aliphatic heterocycles. The van der Waals surface area contributed by atoms with Gasteiger partial charge in [-0.05, 0) is 25.3 Å². The highest BCUT2D eigenvalue weighted by Crippen LogP contribution is 2.10. The van der Waals surface area contributed by atoms with Crippen LogP contribution in [-0.4, -0.2) is 57.5 Å². The molecule has 8 heteroatoms. The van der Waals surface area contributed by atoms with Gasteiger partial charge in [-0.15, -0.1) is 0 Å². The van der Waals surface area contributed by atoms with Crippen molar-refractivity contribution in [3.63, 3.8) is 0 Å². The van der Waals surface area contributed by atoms with Gasteiger partial charge in [0.2, 0.25) is 5.91 Å². The van der Waals surface area contributed by atoms with Gasteiger partial charge in [-0.2, -0.15) is 0 Å². The van der Waals surface area contributed by atoms with Crippen molar-refractivity contribution in [1.29, 1.82) is 0 Å². The number of nitrogens with one attached hydrogen (secondary N) is 3. The second-order valence-electron chi connectivity index (χ2n) is 6.03. The predicted octanol–water partition coefficient (Wildman–Crippen LogP) is 0.0875. The zero-order chi connectivity index (χ0) is 18.1. The van der Waals surface area contributed by atoms with E-state index in [0.29, 0.717) is 25.5 Å². The van der Waals surface area contributed by atoms with Crippen molar-refractivity contribution in [1.82, 2.24) is 16.0 Å². The molecule has 0 bridgehead atoms. The van der Waals surface area contributed by atoms with E-state index < -0.39 is 9.84 Å². The first-order valence-electron chi connectivity index (χ1n) is 8.54. The summed E-state index contributed by atoms with van der Waals surface area (Å²) < 4.78 is 23.0. The molecule has 0 saturated carbocycles. The molecule has 1 aromatic rings. The SMILES string of the molecule is CCNC(=NCC(=O)NCCc1ccccc1)NC1CCS(=O)(=O)C1. The van der Waals surface area contributed by atoms with Gasteiger partial charge in [-0.1, -0.05) is 30.3 Å². The maximum Gasteiger partial charge on any atom is 0.241 e. The van der Waals surface area contributed by atoms with Crippen molar-refractivity contribution >= 4 is 21.7 Å². The highest BCUT2D eigenvalue weighted by molar-refractivity contribution is 7.91. The van der Waals surface area contributed by atoms with Gasteiger partial charge in [0.25, 0.3) is 0 Å². The van der Waals surface area contributed by atoms with Crippen LogP contribution in [0.15, 0.2) is 35.3 Å². The van der Waals surface area contributed by atoms with Crippen molar-refractivity contribution in [3.8, 4) is 0 Å². The number of sulfone groups is 1. The highest BCUT2D eigenvalue weighted by atomic mass is 32.2. The summed E-state index contributed by atoms with van der Waals surface area (Å²) in [5.74, 6) is 0.625. The Bertz CT molecular complexity index is 689. The Labute approximate surface area is 149 Å². The average Bonchev–Trinajstić information content (AvgIpc) is 2.92. The molecule has 1 amide bonds. The van der Waals surface area contributed by atoms with Gasteiger partial charge in [0, 0.05) is 19.1 Å². The summed E-state index contributed by atoms with van der Waals surface area (Å²) in [6.45, 7) is 3.12. The minimum Gasteiger partial charge on any atom is -0.357 e. The van der Waals surface area contributed by atoms with Crippen LogP contribution in [0.4, 0.5) is 0 Å². The lowest BCUT2D eigenvalue weighted by Crippen LogP contribution is -2.44. The highest BCUT2D eigenvalue weighted by Gasteiger charge is 2.28. The van der Waals surface area contributed by atoms with E-state index in [1.165, 1.54) is 5.56 Å². The van der Waals surface area contributed by atoms with Crippen LogP contribution in [0, 0.1) is 0 Å². The number of guanidine groups is 1. The number of nitrogens with zero attached hydrogens (tertiary/aromatic N) is 1. The molecule has 25 heavy (non-hydrogen) atoms. The third kappa shape index (κ3) is 7.13. The Kier molecular flexibility index (Phi) is 7.24. The number of carbonyl (C=O) groups is 1. The Morgan fingerprint density at radius 1 is 1.24 bits per heavy atom. The molecule has 7 nitrogen and oxygen atoms in total. The predicted molar refractivity (Wildman–Crippen MR) is 99.3 cm³/mol. The second kappa shape index (κ2) is 9.41. The molecule has 1 heterocycles. The van der Waals surface area contributed by atoms with Crippen LogP contribution in [0.5, 0.6) is 0 Å². The van der Waals surface area contributed by atoms with Gasteiger partial charge in [0.05, 0.1) is 11.5 Å². The third-order valence-corrected chi connectivity index (χ3v) is 5.64. The van der Waals surface area contributed by atoms with Crippen LogP contribution in [0.25, 0.3) is 0 Å². The summed E-state index contributed by atoms with van der Waals surface area (Å²) in [6, 6.07) is 9.80. The third-order valence-electron chi connectivity index (χ3n) is 3.88. The van der Waals surface area contributed by atoms with E-state index >= 15 is 0 Å². The van der Waals surface area contributed by atoms with Crippen LogP contribution >= 0.6 is 0 Å². The van der Waals surface area contributed by atoms with Crippen molar-refractivity contribution in [3.05, 3.63) is 35.9 Å². The van der Waals surface area contributed by atoms with E-state index in [4.69, 9.17) is 0 Å². The fourth-order valence-corrected chi connectivity index (χ4v) is 4.29. The minimum absolute atomic E-state index is 0.00356. The monoisotopic (exact) mass is 366 g/mol. The number of rotatable bonds is 7. The van der Waals surface area contributed by atoms with Crippen molar-refractivity contribution in [2.24, 2.45) is 4.99 Å². The van der Waals surface area contributed by atoms with E-state index in [-0.39, 0.29) is 30.0 Å². The number of amides is 1. The van der Waals surface area contributed by atoms with Gasteiger partial charge < -0.3 is 16.0 Å². The molecule has 1 aliphatic rings. The molecule has 0 aliphatic carbocycles. The molecule has 1 aromatic carbocycles. The van der Waals surface area contributed by atoms with Crippen molar-refractivity contribution in [2.45, 2.75) is 25.8 Å². The van der Waals surface area contributed by atoms with Crippen molar-refractivity contribution in [2.75, 3.05) is 31.1 Å². The van der Waals surface area contributed by atoms with Gasteiger partial charge in [-0.25, -0.2) is 13.4 Å². The first-order valence-corrected chi connectivity index (χ1v) is 10.4. The van der Waals surface area contributed by atoms with Gasteiger partial charge in [0.1, 0.15) is 6.54 Å². The molecule has 3 N–H and O–H groups in total. The van der Waals surface area contributed by atoms with E-state index in [2.05, 4.69) is 20.9 Å². The van der Waals surface area contributed by atoms with Crippen LogP contribution in [-0.2, 0) is 21.1 Å². The molecular weight excluding hydrogens is 340 g/mol. The van der Waals surface area contributed by atoms with E-state index in [1.54, 1.807) is 0 Å². The van der Waals surface area contributed by atoms with E-state index in [9.17, 15) is 13.2 Å². The number of aliphatic imine (C=N–C) groups is 1. The normalized spacial score (nSPS) is 19.4. The number of carbonyl (C=O) groups excluding carboxylic acids is 1. The maximum atomic E-state index is 11.9. The Morgan fingerprint density at radius 2 is 2.00 bits per heavy atom. The number of benzene rings is 1. The van der Waals surface area contributed by atoms with Crippen LogP contribution in [0.1, 0.15) is 18.9 Å². The summed E-state index contributed by atoms with van der Waals surface area (Å²) in [7, 11) is -2.95. The standard InChI is InChI=1S/C17H26N4O3S/c1-2-18-17(21-15-9-11-25(23,24)13-15)20-12-16(22)19-10-8-14-6-4-3-5-7-14/h3-7,15H,2,8-13H2,1H3,(H,19,22)(H2,18,20,21). The molecule has 1 atom stereocenters. The lowest BCUT2D eigenvalue weighted by molar-refractivity contribution is -0.119. The molecule has 138 valence electrons. The lowest BCUT2D eigenvalue weighted by atomic mass is 10.1. The fraction of sp³-hybridized carbons (Fsp3) is 0.529. The zero-order valence-corrected chi connectivity index (χ0v) is 15.3. The Morgan fingerprint density at radius 3 is 2.64 bits per heavy atom. The summed E-state index contributed by atoms with van der Waals surface area (Å²) >= 11 is 0. The largest absolute Gasteiger partial charge is 0.357 e. The molecule has 1 fully saturated rings. The first-order chi connectivity index (χ1) is 12.0. The van der Waals surface area contributed by atoms with Gasteiger partial charge >= 0.3 is 0 Å². The summed E-state index contributed by atoms with van der Waals surface area (Å²) in [4.78, 5) is 16.2. The second-order valence-corrected chi connectivity index (χ2v) is 8.25. The van der Waals surface area contributed by atoms with Crippen LogP contribution < -0.4 is 16.0 Å². The Hall–Kier alpha value is -2.09. The molecule has 0 aromatic heterocycles. The summed E-state index contributed by atoms with van der Waals surface area (Å²) in [5.41, 5.74) is 1.17. The van der Waals surface area contributed by atoms with Crippen LogP contribution in [0.3, 0.4) is 0 Å². The topological polar surface area (TPSA) is 99.7 Å². The van der Waals surface area contributed by atoms with Crippen LogP contribution in [0.2, 0.25) is 0 Å². The van der Waals surface area contributed by atoms with E-state index in [0.717, 1.165) is 6.42 Å². The van der Waals surface area contributed by atoms with Crippen molar-refractivity contribution < 1.29 is 13.2 Å². The molecule has 2 rings (SSSR count). The summed E-state index contributed by atoms with van der Waals surface area (Å²) in [6.07, 6.45) is 1.34. The number of hydrogen-bond donors (Lipinski definition) is 3. The molecule has 0 spiro atoms.